The van der Waals surface area contributed by atoms with Gasteiger partial charge in [0.25, 0.3) is 0 Å². The number of rotatable bonds is 3. The molecule has 0 saturated carbocycles. The molecule has 8 nitrogen and oxygen atoms in total. The van der Waals surface area contributed by atoms with Crippen molar-refractivity contribution in [1.82, 2.24) is 19.3 Å². The highest BCUT2D eigenvalue weighted by Gasteiger charge is 2.38. The summed E-state index contributed by atoms with van der Waals surface area (Å²) in [6, 6.07) is 4.63. The molecule has 23 heavy (non-hydrogen) atoms. The van der Waals surface area contributed by atoms with E-state index in [-0.39, 0.29) is 17.5 Å². The third-order valence-electron chi connectivity index (χ3n) is 4.37. The first-order valence-corrected chi connectivity index (χ1v) is 8.79. The SMILES string of the molecule is C[C@@H]1CC[C@H](C(=O)O)CN1S(=O)(=O)c1cccc2c1nnn2C. The van der Waals surface area contributed by atoms with Gasteiger partial charge in [-0.15, -0.1) is 5.10 Å². The van der Waals surface area contributed by atoms with Crippen molar-refractivity contribution in [2.24, 2.45) is 13.0 Å². The lowest BCUT2D eigenvalue weighted by molar-refractivity contribution is -0.143. The monoisotopic (exact) mass is 338 g/mol. The Balaban J connectivity index is 2.07. The predicted octanol–water partition coefficient (Wildman–Crippen LogP) is 0.842. The lowest BCUT2D eigenvalue weighted by Crippen LogP contribution is -2.47. The van der Waals surface area contributed by atoms with Crippen molar-refractivity contribution in [3.05, 3.63) is 18.2 Å². The fraction of sp³-hybridized carbons (Fsp3) is 0.500. The van der Waals surface area contributed by atoms with Crippen molar-refractivity contribution in [1.29, 1.82) is 0 Å². The maximum atomic E-state index is 13.0. The van der Waals surface area contributed by atoms with Gasteiger partial charge in [-0.2, -0.15) is 4.31 Å². The number of aryl methyl sites for hydroxylation is 1. The second-order valence-corrected chi connectivity index (χ2v) is 7.73. The summed E-state index contributed by atoms with van der Waals surface area (Å²) in [6.45, 7) is 1.78. The van der Waals surface area contributed by atoms with Gasteiger partial charge in [-0.1, -0.05) is 11.3 Å². The van der Waals surface area contributed by atoms with E-state index >= 15 is 0 Å². The summed E-state index contributed by atoms with van der Waals surface area (Å²) in [5, 5.41) is 17.0. The highest BCUT2D eigenvalue weighted by molar-refractivity contribution is 7.89. The van der Waals surface area contributed by atoms with Crippen LogP contribution in [0.3, 0.4) is 0 Å². The number of hydrogen-bond acceptors (Lipinski definition) is 5. The maximum Gasteiger partial charge on any atom is 0.307 e. The molecule has 124 valence electrons. The predicted molar refractivity (Wildman–Crippen MR) is 82.2 cm³/mol. The zero-order valence-electron chi connectivity index (χ0n) is 12.9. The van der Waals surface area contributed by atoms with E-state index in [2.05, 4.69) is 10.3 Å². The van der Waals surface area contributed by atoms with Gasteiger partial charge in [0, 0.05) is 19.6 Å². The average molecular weight is 338 g/mol. The summed E-state index contributed by atoms with van der Waals surface area (Å²) < 4.78 is 28.9. The molecule has 0 unspecified atom stereocenters. The Labute approximate surface area is 133 Å². The molecule has 1 aromatic carbocycles. The van der Waals surface area contributed by atoms with Gasteiger partial charge in [0.2, 0.25) is 10.0 Å². The second kappa shape index (κ2) is 5.57. The number of benzene rings is 1. The molecule has 2 heterocycles. The summed E-state index contributed by atoms with van der Waals surface area (Å²) in [6.07, 6.45) is 1.00. The molecule has 0 radical (unpaired) electrons. The number of aliphatic carboxylic acids is 1. The van der Waals surface area contributed by atoms with Crippen molar-refractivity contribution >= 4 is 27.0 Å². The zero-order chi connectivity index (χ0) is 16.8. The Morgan fingerprint density at radius 2 is 2.09 bits per heavy atom. The molecule has 1 saturated heterocycles. The number of hydrogen-bond donors (Lipinski definition) is 1. The van der Waals surface area contributed by atoms with Gasteiger partial charge in [0.1, 0.15) is 10.4 Å². The molecule has 9 heteroatoms. The van der Waals surface area contributed by atoms with Crippen LogP contribution >= 0.6 is 0 Å². The smallest absolute Gasteiger partial charge is 0.307 e. The minimum Gasteiger partial charge on any atom is -0.481 e. The third-order valence-corrected chi connectivity index (χ3v) is 6.38. The van der Waals surface area contributed by atoms with Gasteiger partial charge in [0.15, 0.2) is 0 Å². The topological polar surface area (TPSA) is 105 Å². The van der Waals surface area contributed by atoms with E-state index < -0.39 is 21.9 Å². The Morgan fingerprint density at radius 1 is 1.35 bits per heavy atom. The first kappa shape index (κ1) is 15.9. The van der Waals surface area contributed by atoms with E-state index in [0.29, 0.717) is 23.9 Å². The van der Waals surface area contributed by atoms with Crippen molar-refractivity contribution in [3.63, 3.8) is 0 Å². The summed E-state index contributed by atoms with van der Waals surface area (Å²) in [5.74, 6) is -1.64. The lowest BCUT2D eigenvalue weighted by atomic mass is 9.96. The molecule has 1 aliphatic rings. The van der Waals surface area contributed by atoms with Gasteiger partial charge in [-0.25, -0.2) is 13.1 Å². The van der Waals surface area contributed by atoms with Crippen molar-refractivity contribution in [3.8, 4) is 0 Å². The lowest BCUT2D eigenvalue weighted by Gasteiger charge is -2.35. The number of carbonyl (C=O) groups is 1. The molecule has 1 aromatic heterocycles. The Bertz CT molecular complexity index is 861. The van der Waals surface area contributed by atoms with E-state index in [0.717, 1.165) is 0 Å². The molecule has 1 aliphatic heterocycles. The molecule has 2 aromatic rings. The zero-order valence-corrected chi connectivity index (χ0v) is 13.7. The highest BCUT2D eigenvalue weighted by Crippen LogP contribution is 2.30. The van der Waals surface area contributed by atoms with Crippen LogP contribution in [0.4, 0.5) is 0 Å². The normalized spacial score (nSPS) is 23.2. The van der Waals surface area contributed by atoms with E-state index in [1.165, 1.54) is 15.1 Å². The summed E-state index contributed by atoms with van der Waals surface area (Å²) in [7, 11) is -2.15. The fourth-order valence-corrected chi connectivity index (χ4v) is 4.83. The highest BCUT2D eigenvalue weighted by atomic mass is 32.2. The van der Waals surface area contributed by atoms with Crippen molar-refractivity contribution in [2.45, 2.75) is 30.7 Å². The number of aromatic nitrogens is 3. The van der Waals surface area contributed by atoms with Gasteiger partial charge in [-0.05, 0) is 31.9 Å². The first-order chi connectivity index (χ1) is 10.8. The molecular weight excluding hydrogens is 320 g/mol. The molecule has 0 bridgehead atoms. The molecule has 0 aliphatic carbocycles. The molecule has 1 fully saturated rings. The largest absolute Gasteiger partial charge is 0.481 e. The van der Waals surface area contributed by atoms with E-state index in [1.807, 2.05) is 0 Å². The Hall–Kier alpha value is -2.00. The Kier molecular flexibility index (Phi) is 3.85. The van der Waals surface area contributed by atoms with E-state index in [1.54, 1.807) is 26.1 Å². The van der Waals surface area contributed by atoms with E-state index in [4.69, 9.17) is 0 Å². The van der Waals surface area contributed by atoms with Crippen LogP contribution in [0.25, 0.3) is 11.0 Å². The Morgan fingerprint density at radius 3 is 2.78 bits per heavy atom. The van der Waals surface area contributed by atoms with Crippen LogP contribution in [0, 0.1) is 5.92 Å². The molecule has 0 amide bonds. The molecular formula is C14H18N4O4S. The number of nitrogens with zero attached hydrogens (tertiary/aromatic N) is 4. The number of carboxylic acids is 1. The van der Waals surface area contributed by atoms with Gasteiger partial charge >= 0.3 is 5.97 Å². The molecule has 3 rings (SSSR count). The first-order valence-electron chi connectivity index (χ1n) is 7.35. The number of fused-ring (bicyclic) bond motifs is 1. The van der Waals surface area contributed by atoms with Crippen LogP contribution in [0.2, 0.25) is 0 Å². The van der Waals surface area contributed by atoms with Crippen molar-refractivity contribution < 1.29 is 18.3 Å². The van der Waals surface area contributed by atoms with Crippen LogP contribution in [0.1, 0.15) is 19.8 Å². The summed E-state index contributed by atoms with van der Waals surface area (Å²) in [4.78, 5) is 11.3. The average Bonchev–Trinajstić information content (AvgIpc) is 2.89. The minimum atomic E-state index is -3.84. The number of sulfonamides is 1. The number of carboxylic acid groups (broad SMARTS) is 1. The number of piperidine rings is 1. The quantitative estimate of drug-likeness (QED) is 0.889. The van der Waals surface area contributed by atoms with Gasteiger partial charge in [0.05, 0.1) is 11.4 Å². The van der Waals surface area contributed by atoms with Gasteiger partial charge in [-0.3, -0.25) is 4.79 Å². The molecule has 2 atom stereocenters. The standard InChI is InChI=1S/C14H18N4O4S/c1-9-6-7-10(14(19)20)8-18(9)23(21,22)12-5-3-4-11-13(12)15-16-17(11)2/h3-5,9-10H,6-8H2,1-2H3,(H,19,20)/t9-,10+/m1/s1. The minimum absolute atomic E-state index is 0.0184. The van der Waals surface area contributed by atoms with Crippen LogP contribution < -0.4 is 0 Å². The second-order valence-electron chi connectivity index (χ2n) is 5.87. The van der Waals surface area contributed by atoms with E-state index in [9.17, 15) is 18.3 Å². The van der Waals surface area contributed by atoms with Crippen LogP contribution in [-0.4, -0.2) is 51.4 Å². The van der Waals surface area contributed by atoms with Crippen LogP contribution in [0.15, 0.2) is 23.1 Å². The third kappa shape index (κ3) is 2.59. The van der Waals surface area contributed by atoms with Crippen LogP contribution in [-0.2, 0) is 21.9 Å². The summed E-state index contributed by atoms with van der Waals surface area (Å²) in [5.41, 5.74) is 0.921. The van der Waals surface area contributed by atoms with Gasteiger partial charge < -0.3 is 5.11 Å². The van der Waals surface area contributed by atoms with Crippen LogP contribution in [0.5, 0.6) is 0 Å². The molecule has 1 N–H and O–H groups in total. The van der Waals surface area contributed by atoms with Crippen molar-refractivity contribution in [2.75, 3.05) is 6.54 Å². The fourth-order valence-electron chi connectivity index (χ4n) is 2.98. The summed E-state index contributed by atoms with van der Waals surface area (Å²) >= 11 is 0. The maximum absolute atomic E-state index is 13.0. The molecule has 0 spiro atoms.